The number of azide groups is 1. The zero-order valence-corrected chi connectivity index (χ0v) is 48.5. The Kier molecular flexibility index (Phi) is 22.6. The Morgan fingerprint density at radius 1 is 0.700 bits per heavy atom. The summed E-state index contributed by atoms with van der Waals surface area (Å²) < 4.78 is 16.6. The number of nitrogens with one attached hydrogen (secondary N) is 5. The monoisotopic (exact) mass is 1110 g/mol. The molecule has 4 bridgehead atoms. The van der Waals surface area contributed by atoms with Gasteiger partial charge < -0.3 is 56.3 Å². The van der Waals surface area contributed by atoms with E-state index in [2.05, 4.69) is 60.9 Å². The largest absolute Gasteiger partial charge is 0.444 e. The molecule has 4 aliphatic rings. The van der Waals surface area contributed by atoms with Crippen molar-refractivity contribution in [2.75, 3.05) is 76.4 Å². The van der Waals surface area contributed by atoms with Crippen LogP contribution in [0.4, 0.5) is 26.7 Å². The summed E-state index contributed by atoms with van der Waals surface area (Å²) in [5, 5.41) is 18.9. The summed E-state index contributed by atoms with van der Waals surface area (Å²) in [5.41, 5.74) is 21.0. The molecule has 7 rings (SSSR count). The number of carbonyl (C=O) groups excluding carboxylic acids is 6. The summed E-state index contributed by atoms with van der Waals surface area (Å²) in [6.07, 6.45) is 9.02. The van der Waals surface area contributed by atoms with E-state index in [4.69, 9.17) is 25.5 Å². The SMILES string of the molecule is CN(CCOCCN(C)C(=O)[C@@H]1CC(N=[N+]=[N-])CN1)C(=O)CCC12c3cc(ccc3NC(=O)CCCCCCCNC(=O)OC(C)(C)C)C(c3ccc(N)cc31)c1ccc(NC(=O)CCCCCCCNC(=O)OC(C)(C)C)cc12. The normalized spacial score (nSPS) is 17.7. The van der Waals surface area contributed by atoms with Gasteiger partial charge in [0, 0.05) is 99.4 Å². The van der Waals surface area contributed by atoms with Crippen LogP contribution in [0.15, 0.2) is 59.7 Å². The Morgan fingerprint density at radius 3 is 1.88 bits per heavy atom. The van der Waals surface area contributed by atoms with Gasteiger partial charge in [0.2, 0.25) is 23.6 Å². The minimum absolute atomic E-state index is 0.100. The highest BCUT2D eigenvalue weighted by Crippen LogP contribution is 2.59. The third-order valence-electron chi connectivity index (χ3n) is 14.8. The zero-order chi connectivity index (χ0) is 58.0. The van der Waals surface area contributed by atoms with Gasteiger partial charge in [-0.25, -0.2) is 9.59 Å². The van der Waals surface area contributed by atoms with Gasteiger partial charge in [-0.1, -0.05) is 67.9 Å². The Balaban J connectivity index is 1.15. The summed E-state index contributed by atoms with van der Waals surface area (Å²) in [6.45, 7) is 13.7. The highest BCUT2D eigenvalue weighted by molar-refractivity contribution is 5.94. The summed E-state index contributed by atoms with van der Waals surface area (Å²) in [6, 6.07) is 17.6. The molecule has 80 heavy (non-hydrogen) atoms. The molecule has 20 nitrogen and oxygen atoms in total. The molecule has 20 heteroatoms. The van der Waals surface area contributed by atoms with Crippen LogP contribution in [0.25, 0.3) is 10.4 Å². The second-order valence-electron chi connectivity index (χ2n) is 23.5. The molecule has 0 radical (unpaired) electrons. The molecular formula is C60H87N11O9. The molecule has 4 atom stereocenters. The predicted octanol–water partition coefficient (Wildman–Crippen LogP) is 9.77. The minimum atomic E-state index is -0.989. The number of anilines is 3. The molecule has 1 saturated heterocycles. The Morgan fingerprint density at radius 2 is 1.26 bits per heavy atom. The topological polar surface area (TPSA) is 272 Å². The van der Waals surface area contributed by atoms with E-state index in [9.17, 15) is 28.8 Å². The molecule has 0 saturated carbocycles. The van der Waals surface area contributed by atoms with E-state index in [1.807, 2.05) is 71.9 Å². The molecule has 436 valence electrons. The van der Waals surface area contributed by atoms with Crippen LogP contribution in [0.3, 0.4) is 0 Å². The first kappa shape index (κ1) is 62.3. The first-order valence-corrected chi connectivity index (χ1v) is 28.6. The molecule has 3 aromatic rings. The highest BCUT2D eigenvalue weighted by Gasteiger charge is 2.50. The Bertz CT molecular complexity index is 2700. The quantitative estimate of drug-likeness (QED) is 0.0125. The number of hydrogen-bond donors (Lipinski definition) is 6. The lowest BCUT2D eigenvalue weighted by Gasteiger charge is -2.43. The van der Waals surface area contributed by atoms with Crippen molar-refractivity contribution in [1.29, 1.82) is 0 Å². The molecule has 1 aliphatic heterocycles. The average molecular weight is 1110 g/mol. The third kappa shape index (κ3) is 17.8. The van der Waals surface area contributed by atoms with Crippen molar-refractivity contribution in [2.24, 2.45) is 5.11 Å². The first-order valence-electron chi connectivity index (χ1n) is 28.6. The van der Waals surface area contributed by atoms with Gasteiger partial charge in [-0.2, -0.15) is 0 Å². The van der Waals surface area contributed by atoms with E-state index in [0.29, 0.717) is 88.3 Å². The van der Waals surface area contributed by atoms with Crippen LogP contribution in [0.5, 0.6) is 0 Å². The Labute approximate surface area is 472 Å². The number of rotatable bonds is 29. The number of nitrogens with zero attached hydrogens (tertiary/aromatic N) is 5. The summed E-state index contributed by atoms with van der Waals surface area (Å²) in [5.74, 6) is -0.625. The van der Waals surface area contributed by atoms with Gasteiger partial charge in [0.15, 0.2) is 0 Å². The van der Waals surface area contributed by atoms with Crippen LogP contribution in [0.1, 0.15) is 177 Å². The van der Waals surface area contributed by atoms with Crippen molar-refractivity contribution >= 4 is 52.9 Å². The van der Waals surface area contributed by atoms with Crippen molar-refractivity contribution in [1.82, 2.24) is 25.8 Å². The number of unbranched alkanes of at least 4 members (excludes halogenated alkanes) is 8. The van der Waals surface area contributed by atoms with E-state index >= 15 is 0 Å². The van der Waals surface area contributed by atoms with Crippen LogP contribution in [-0.4, -0.2) is 129 Å². The van der Waals surface area contributed by atoms with E-state index < -0.39 is 34.8 Å². The number of likely N-dealkylation sites (N-methyl/N-ethyl adjacent to an activating group) is 2. The number of nitrogen functional groups attached to an aromatic ring is 1. The van der Waals surface area contributed by atoms with Gasteiger partial charge in [0.25, 0.3) is 0 Å². The fourth-order valence-electron chi connectivity index (χ4n) is 10.9. The highest BCUT2D eigenvalue weighted by atomic mass is 16.6. The second kappa shape index (κ2) is 29.0. The van der Waals surface area contributed by atoms with Crippen LogP contribution in [-0.2, 0) is 38.8 Å². The third-order valence-corrected chi connectivity index (χ3v) is 14.8. The van der Waals surface area contributed by atoms with Gasteiger partial charge in [-0.15, -0.1) is 0 Å². The molecule has 3 aliphatic carbocycles. The van der Waals surface area contributed by atoms with E-state index in [-0.39, 0.29) is 55.2 Å². The van der Waals surface area contributed by atoms with Gasteiger partial charge in [0.05, 0.1) is 25.3 Å². The zero-order valence-electron chi connectivity index (χ0n) is 48.5. The lowest BCUT2D eigenvalue weighted by Crippen LogP contribution is -2.43. The summed E-state index contributed by atoms with van der Waals surface area (Å²) in [7, 11) is 3.46. The lowest BCUT2D eigenvalue weighted by molar-refractivity contribution is -0.132. The fourth-order valence-corrected chi connectivity index (χ4v) is 10.9. The maximum Gasteiger partial charge on any atom is 0.407 e. The lowest BCUT2D eigenvalue weighted by atomic mass is 9.60. The van der Waals surface area contributed by atoms with Crippen LogP contribution in [0.2, 0.25) is 0 Å². The maximum absolute atomic E-state index is 14.4. The van der Waals surface area contributed by atoms with Crippen molar-refractivity contribution in [3.05, 3.63) is 98.4 Å². The van der Waals surface area contributed by atoms with Gasteiger partial charge in [-0.05, 0) is 149 Å². The number of carbonyl (C=O) groups is 6. The molecule has 3 unspecified atom stereocenters. The Hall–Kier alpha value is -6.89. The molecule has 1 heterocycles. The van der Waals surface area contributed by atoms with Gasteiger partial charge in [-0.3, -0.25) is 19.2 Å². The number of ether oxygens (including phenoxy) is 3. The van der Waals surface area contributed by atoms with E-state index in [1.54, 1.807) is 23.9 Å². The number of benzene rings is 3. The molecule has 6 amide bonds. The molecule has 7 N–H and O–H groups in total. The second-order valence-corrected chi connectivity index (χ2v) is 23.5. The van der Waals surface area contributed by atoms with Crippen molar-refractivity contribution in [3.8, 4) is 0 Å². The minimum Gasteiger partial charge on any atom is -0.444 e. The van der Waals surface area contributed by atoms with Crippen molar-refractivity contribution in [3.63, 3.8) is 0 Å². The van der Waals surface area contributed by atoms with Crippen LogP contribution >= 0.6 is 0 Å². The molecule has 3 aromatic carbocycles. The predicted molar refractivity (Wildman–Crippen MR) is 310 cm³/mol. The molecule has 1 fully saturated rings. The van der Waals surface area contributed by atoms with Gasteiger partial charge >= 0.3 is 12.2 Å². The number of alkyl carbamates (subject to hydrolysis) is 2. The van der Waals surface area contributed by atoms with E-state index in [0.717, 1.165) is 84.7 Å². The van der Waals surface area contributed by atoms with Crippen LogP contribution < -0.4 is 32.3 Å². The molecule has 0 aromatic heterocycles. The average Bonchev–Trinajstić information content (AvgIpc) is 3.09. The summed E-state index contributed by atoms with van der Waals surface area (Å²) >= 11 is 0. The first-order chi connectivity index (χ1) is 38.1. The van der Waals surface area contributed by atoms with E-state index in [1.165, 1.54) is 0 Å². The van der Waals surface area contributed by atoms with Crippen LogP contribution in [0, 0.1) is 0 Å². The number of nitrogens with two attached hydrogens (primary N) is 1. The fraction of sp³-hybridized carbons (Fsp3) is 0.600. The molecule has 0 spiro atoms. The standard InChI is InChI=1S/C60H87N11O9/c1-58(2,3)79-56(76)63-29-17-13-9-11-15-19-51(72)66-42-23-25-45-47(37-42)60(28-27-53(74)70(7)31-33-78-34-32-71(8)55(75)50-38-43(39-65-50)68-69-62)46-36-41(61)22-24-44(46)54(45)40-21-26-49(48(60)35-40)67-52(73)20-16-12-10-14-18-30-64-57(77)80-59(4,5)6/h21-26,35-37,43,50,54,65H,9-20,27-34,38-39,61H2,1-8H3,(H,63,76)(H,64,77)(H,66,72)(H,67,73)/t43?,50-,54?,60?/m0/s1. The van der Waals surface area contributed by atoms with Crippen molar-refractivity contribution < 1.29 is 43.0 Å². The van der Waals surface area contributed by atoms with Gasteiger partial charge in [0.1, 0.15) is 11.2 Å². The molecular weight excluding hydrogens is 1020 g/mol. The summed E-state index contributed by atoms with van der Waals surface area (Å²) in [4.78, 5) is 85.1. The number of hydrogen-bond acceptors (Lipinski definition) is 12. The maximum atomic E-state index is 14.4. The number of amides is 6. The van der Waals surface area contributed by atoms with Crippen molar-refractivity contribution in [2.45, 2.75) is 172 Å². The smallest absolute Gasteiger partial charge is 0.407 e.